The number of hydrogen-bond acceptors (Lipinski definition) is 8. The van der Waals surface area contributed by atoms with Gasteiger partial charge in [0.05, 0.1) is 29.2 Å². The number of pyridine rings is 1. The van der Waals surface area contributed by atoms with Crippen LogP contribution in [0, 0.1) is 25.2 Å². The maximum atomic E-state index is 12.2. The number of aliphatic hydroxyl groups excluding tert-OH is 1. The van der Waals surface area contributed by atoms with Crippen LogP contribution in [0.3, 0.4) is 0 Å². The minimum Gasteiger partial charge on any atom is -0.488 e. The lowest BCUT2D eigenvalue weighted by Crippen LogP contribution is -2.47. The first-order valence-corrected chi connectivity index (χ1v) is 19.6. The van der Waals surface area contributed by atoms with Crippen molar-refractivity contribution in [1.82, 2.24) is 15.6 Å². The van der Waals surface area contributed by atoms with Gasteiger partial charge in [-0.05, 0) is 108 Å². The first kappa shape index (κ1) is 40.9. The molecule has 57 heavy (non-hydrogen) atoms. The number of ether oxygens (including phenoxy) is 2. The lowest BCUT2D eigenvalue weighted by Gasteiger charge is -2.23. The second-order valence-electron chi connectivity index (χ2n) is 14.4. The van der Waals surface area contributed by atoms with Gasteiger partial charge in [-0.2, -0.15) is 5.26 Å². The average molecular weight is 787 g/mol. The molecule has 11 heteroatoms. The largest absolute Gasteiger partial charge is 0.488 e. The van der Waals surface area contributed by atoms with Crippen molar-refractivity contribution in [2.45, 2.75) is 84.3 Å². The Labute approximate surface area is 338 Å². The molecule has 6 rings (SSSR count). The highest BCUT2D eigenvalue weighted by atomic mass is 35.5. The van der Waals surface area contributed by atoms with Crippen molar-refractivity contribution in [2.75, 3.05) is 6.54 Å². The molecule has 0 aliphatic carbocycles. The number of rotatable bonds is 17. The molecule has 1 aliphatic rings. The summed E-state index contributed by atoms with van der Waals surface area (Å²) in [6.45, 7) is 6.03. The summed E-state index contributed by atoms with van der Waals surface area (Å²) in [4.78, 5) is 27.3. The van der Waals surface area contributed by atoms with E-state index >= 15 is 0 Å². The van der Waals surface area contributed by atoms with Crippen molar-refractivity contribution in [1.29, 1.82) is 5.26 Å². The summed E-state index contributed by atoms with van der Waals surface area (Å²) in [6.07, 6.45) is 5.01. The van der Waals surface area contributed by atoms with E-state index in [1.54, 1.807) is 24.4 Å². The molecule has 294 valence electrons. The molecule has 1 saturated heterocycles. The van der Waals surface area contributed by atoms with Crippen molar-refractivity contribution in [3.63, 3.8) is 0 Å². The van der Waals surface area contributed by atoms with Gasteiger partial charge >= 0.3 is 5.97 Å². The van der Waals surface area contributed by atoms with Crippen molar-refractivity contribution in [3.05, 3.63) is 135 Å². The van der Waals surface area contributed by atoms with Gasteiger partial charge in [0.15, 0.2) is 0 Å². The number of piperidine rings is 1. The van der Waals surface area contributed by atoms with Crippen molar-refractivity contribution in [3.8, 4) is 39.8 Å². The van der Waals surface area contributed by atoms with E-state index in [1.165, 1.54) is 6.20 Å². The Morgan fingerprint density at radius 2 is 1.68 bits per heavy atom. The Morgan fingerprint density at radius 1 is 0.947 bits per heavy atom. The van der Waals surface area contributed by atoms with E-state index in [0.717, 1.165) is 75.0 Å². The highest BCUT2D eigenvalue weighted by Crippen LogP contribution is 2.37. The van der Waals surface area contributed by atoms with Crippen LogP contribution in [0.5, 0.6) is 11.5 Å². The van der Waals surface area contributed by atoms with E-state index in [1.807, 2.05) is 12.1 Å². The molecule has 1 aliphatic heterocycles. The normalized spacial score (nSPS) is 14.4. The van der Waals surface area contributed by atoms with Gasteiger partial charge in [-0.15, -0.1) is 0 Å². The predicted octanol–water partition coefficient (Wildman–Crippen LogP) is 8.24. The second kappa shape index (κ2) is 19.4. The summed E-state index contributed by atoms with van der Waals surface area (Å²) in [6, 6.07) is 28.3. The van der Waals surface area contributed by atoms with E-state index < -0.39 is 12.1 Å². The molecule has 1 fully saturated rings. The summed E-state index contributed by atoms with van der Waals surface area (Å²) in [5.41, 5.74) is 10.8. The monoisotopic (exact) mass is 786 g/mol. The van der Waals surface area contributed by atoms with E-state index in [9.17, 15) is 20.0 Å². The number of aliphatic carboxylic acids is 1. The molecular formula is C46H47ClN4O6. The van der Waals surface area contributed by atoms with Crippen LogP contribution in [-0.4, -0.2) is 45.8 Å². The quantitative estimate of drug-likeness (QED) is 0.0730. The second-order valence-corrected chi connectivity index (χ2v) is 14.8. The molecule has 4 aromatic carbocycles. The van der Waals surface area contributed by atoms with E-state index in [0.29, 0.717) is 47.9 Å². The number of carboxylic acids is 1. The number of halogens is 1. The third kappa shape index (κ3) is 10.8. The number of carbonyl (C=O) groups is 2. The third-order valence-electron chi connectivity index (χ3n) is 10.4. The van der Waals surface area contributed by atoms with Gasteiger partial charge in [0.2, 0.25) is 5.91 Å². The number of hydrogen-bond donors (Lipinski definition) is 4. The SMILES string of the molecule is Cc1c(COc2cc(OCc3cncc(C#N)c3)c(CCC[C@@H](O)CC(=O)O)cc2Cl)cccc1-c1cccc(-c2ccc(CN[C@H]3CCCNC3=O)cc2)c1C. The zero-order valence-corrected chi connectivity index (χ0v) is 32.9. The van der Waals surface area contributed by atoms with Crippen LogP contribution >= 0.6 is 11.6 Å². The van der Waals surface area contributed by atoms with Crippen molar-refractivity contribution in [2.24, 2.45) is 0 Å². The zero-order chi connectivity index (χ0) is 40.3. The molecule has 1 amide bonds. The highest BCUT2D eigenvalue weighted by molar-refractivity contribution is 6.32. The maximum absolute atomic E-state index is 12.2. The number of carbonyl (C=O) groups excluding carboxylic acids is 1. The summed E-state index contributed by atoms with van der Waals surface area (Å²) >= 11 is 6.79. The summed E-state index contributed by atoms with van der Waals surface area (Å²) in [5, 5.41) is 35.2. The fourth-order valence-corrected chi connectivity index (χ4v) is 7.41. The fraction of sp³-hybridized carbons (Fsp3) is 0.304. The lowest BCUT2D eigenvalue weighted by molar-refractivity contribution is -0.139. The number of nitriles is 1. The standard InChI is InChI=1S/C46H47ClN4O6/c1-29-36(8-4-11-39(29)40-12-5-10-38(30(40)2)34-16-14-31(15-17-34)26-51-42-13-6-18-50-46(42)55)28-57-44-22-43(56-27-33-19-32(23-48)24-49-25-33)35(20-41(44)47)7-3-9-37(52)21-45(53)54/h4-5,8,10-12,14-17,19-20,22,24-25,37,42,51-52H,3,6-7,9,13,18,21,26-28H2,1-2H3,(H,50,55)(H,53,54)/t37-,42+/m1/s1. The van der Waals surface area contributed by atoms with Crippen LogP contribution in [-0.2, 0) is 35.8 Å². The molecule has 4 N–H and O–H groups in total. The van der Waals surface area contributed by atoms with Crippen LogP contribution in [0.2, 0.25) is 5.02 Å². The molecule has 0 radical (unpaired) electrons. The van der Waals surface area contributed by atoms with Gasteiger partial charge in [-0.1, -0.05) is 72.3 Å². The number of nitrogens with one attached hydrogen (secondary N) is 2. The molecule has 0 unspecified atom stereocenters. The minimum atomic E-state index is -1.05. The molecule has 5 aromatic rings. The van der Waals surface area contributed by atoms with Crippen molar-refractivity contribution >= 4 is 23.5 Å². The van der Waals surface area contributed by atoms with Gasteiger partial charge in [-0.25, -0.2) is 0 Å². The predicted molar refractivity (Wildman–Crippen MR) is 220 cm³/mol. The number of amides is 1. The zero-order valence-electron chi connectivity index (χ0n) is 32.2. The Kier molecular flexibility index (Phi) is 13.9. The number of aryl methyl sites for hydroxylation is 1. The van der Waals surface area contributed by atoms with Crippen LogP contribution in [0.4, 0.5) is 0 Å². The van der Waals surface area contributed by atoms with Gasteiger partial charge in [0, 0.05) is 37.1 Å². The molecule has 2 atom stereocenters. The van der Waals surface area contributed by atoms with Crippen LogP contribution < -0.4 is 20.1 Å². The molecule has 10 nitrogen and oxygen atoms in total. The number of aliphatic hydroxyl groups is 1. The van der Waals surface area contributed by atoms with E-state index in [2.05, 4.69) is 84.1 Å². The Hall–Kier alpha value is -5.73. The minimum absolute atomic E-state index is 0.0740. The number of carboxylic acid groups (broad SMARTS) is 1. The third-order valence-corrected chi connectivity index (χ3v) is 10.7. The Balaban J connectivity index is 1.17. The smallest absolute Gasteiger partial charge is 0.305 e. The molecule has 0 spiro atoms. The Bertz CT molecular complexity index is 2250. The molecule has 1 aromatic heterocycles. The van der Waals surface area contributed by atoms with Crippen LogP contribution in [0.15, 0.2) is 91.3 Å². The fourth-order valence-electron chi connectivity index (χ4n) is 7.17. The maximum Gasteiger partial charge on any atom is 0.305 e. The highest BCUT2D eigenvalue weighted by Gasteiger charge is 2.21. The average Bonchev–Trinajstić information content (AvgIpc) is 3.20. The van der Waals surface area contributed by atoms with Gasteiger partial charge in [0.1, 0.15) is 30.8 Å². The van der Waals surface area contributed by atoms with Crippen LogP contribution in [0.25, 0.3) is 22.3 Å². The lowest BCUT2D eigenvalue weighted by atomic mass is 9.89. The van der Waals surface area contributed by atoms with Crippen LogP contribution in [0.1, 0.15) is 71.0 Å². The topological polar surface area (TPSA) is 154 Å². The molecule has 0 bridgehead atoms. The molecule has 2 heterocycles. The van der Waals surface area contributed by atoms with E-state index in [4.69, 9.17) is 26.2 Å². The molecule has 0 saturated carbocycles. The Morgan fingerprint density at radius 3 is 2.44 bits per heavy atom. The van der Waals surface area contributed by atoms with Gasteiger partial charge < -0.3 is 30.3 Å². The van der Waals surface area contributed by atoms with E-state index in [-0.39, 0.29) is 31.6 Å². The number of nitrogens with zero attached hydrogens (tertiary/aromatic N) is 2. The first-order chi connectivity index (χ1) is 27.6. The van der Waals surface area contributed by atoms with Crippen molar-refractivity contribution < 1.29 is 29.3 Å². The summed E-state index contributed by atoms with van der Waals surface area (Å²) < 4.78 is 12.6. The van der Waals surface area contributed by atoms with Gasteiger partial charge in [-0.3, -0.25) is 14.6 Å². The number of aromatic nitrogens is 1. The summed E-state index contributed by atoms with van der Waals surface area (Å²) in [7, 11) is 0. The van der Waals surface area contributed by atoms with Gasteiger partial charge in [0.25, 0.3) is 0 Å². The summed E-state index contributed by atoms with van der Waals surface area (Å²) in [5.74, 6) is -0.00495. The number of benzene rings is 4. The first-order valence-electron chi connectivity index (χ1n) is 19.2. The molecular weight excluding hydrogens is 740 g/mol.